The van der Waals surface area contributed by atoms with Crippen LogP contribution in [0.4, 0.5) is 0 Å². The first-order chi connectivity index (χ1) is 9.00. The van der Waals surface area contributed by atoms with Crippen molar-refractivity contribution in [3.8, 4) is 0 Å². The van der Waals surface area contributed by atoms with Gasteiger partial charge in [-0.15, -0.1) is 65.8 Å². The van der Waals surface area contributed by atoms with Crippen LogP contribution in [0.15, 0.2) is 65.8 Å². The summed E-state index contributed by atoms with van der Waals surface area (Å²) < 4.78 is 51.7. The van der Waals surface area contributed by atoms with Crippen LogP contribution >= 0.6 is 0 Å². The van der Waals surface area contributed by atoms with Gasteiger partial charge < -0.3 is 0 Å². The molecule has 0 saturated heterocycles. The molecule has 0 radical (unpaired) electrons. The minimum Gasteiger partial charge on any atom is -0.286 e. The molecule has 0 aliphatic heterocycles. The van der Waals surface area contributed by atoms with Crippen molar-refractivity contribution in [3.63, 3.8) is 0 Å². The van der Waals surface area contributed by atoms with Gasteiger partial charge in [-0.1, -0.05) is 0 Å². The van der Waals surface area contributed by atoms with E-state index in [2.05, 4.69) is 65.8 Å². The van der Waals surface area contributed by atoms with Gasteiger partial charge in [0.25, 0.3) is 20.2 Å². The second kappa shape index (κ2) is 43.2. The topological polar surface area (TPSA) is 109 Å². The van der Waals surface area contributed by atoms with E-state index in [9.17, 15) is 16.8 Å². The summed E-state index contributed by atoms with van der Waals surface area (Å²) in [6.07, 6.45) is 1.43. The first kappa shape index (κ1) is 42.8. The molecule has 0 aromatic carbocycles. The molecule has 0 aliphatic rings. The van der Waals surface area contributed by atoms with E-state index in [1.54, 1.807) is 0 Å². The highest BCUT2D eigenvalue weighted by Gasteiger charge is 1.81. The smallest absolute Gasteiger partial charge is 0.261 e. The largest absolute Gasteiger partial charge is 0.286 e. The van der Waals surface area contributed by atoms with E-state index >= 15 is 0 Å². The molecule has 0 fully saturated rings. The van der Waals surface area contributed by atoms with Crippen LogP contribution in [0.25, 0.3) is 0 Å². The molecule has 0 aromatic rings. The van der Waals surface area contributed by atoms with Crippen molar-refractivity contribution in [3.05, 3.63) is 65.8 Å². The highest BCUT2D eigenvalue weighted by atomic mass is 32.2. The van der Waals surface area contributed by atoms with E-state index in [0.717, 1.165) is 0 Å². The Labute approximate surface area is 125 Å². The molecule has 6 nitrogen and oxygen atoms in total. The number of hydrogen-bond donors (Lipinski definition) is 2. The molecule has 2 N–H and O–H groups in total. The molecule has 0 heterocycles. The summed E-state index contributed by atoms with van der Waals surface area (Å²) in [6.45, 7) is 30.0. The molecule has 0 aliphatic carbocycles. The Balaban J connectivity index is -0.0000000211. The van der Waals surface area contributed by atoms with Gasteiger partial charge in [0.1, 0.15) is 0 Å². The molecule has 0 saturated carbocycles. The second-order valence-corrected chi connectivity index (χ2v) is 4.40. The lowest BCUT2D eigenvalue weighted by molar-refractivity contribution is 0.488. The number of hydrogen-bond acceptors (Lipinski definition) is 4. The van der Waals surface area contributed by atoms with Crippen molar-refractivity contribution in [2.45, 2.75) is 0 Å². The Morgan fingerprint density at radius 2 is 0.500 bits per heavy atom. The highest BCUT2D eigenvalue weighted by molar-refractivity contribution is 7.85. The van der Waals surface area contributed by atoms with Crippen LogP contribution < -0.4 is 0 Å². The van der Waals surface area contributed by atoms with Gasteiger partial charge in [0.05, 0.1) is 12.5 Å². The average Bonchev–Trinajstić information content (AvgIpc) is 2.37. The highest BCUT2D eigenvalue weighted by Crippen LogP contribution is 1.60. The molecule has 0 rings (SSSR count). The Hall–Kier alpha value is -1.48. The van der Waals surface area contributed by atoms with Crippen LogP contribution in [0.2, 0.25) is 0 Å². The van der Waals surface area contributed by atoms with Crippen LogP contribution in [0.1, 0.15) is 0 Å². The van der Waals surface area contributed by atoms with Gasteiger partial charge in [-0.3, -0.25) is 9.11 Å². The fraction of sp³-hybridized carbons (Fsp3) is 0.167. The van der Waals surface area contributed by atoms with Crippen molar-refractivity contribution in [2.75, 3.05) is 12.5 Å². The molecular formula is C12H28O6S2. The van der Waals surface area contributed by atoms with Gasteiger partial charge in [-0.05, 0) is 0 Å². The van der Waals surface area contributed by atoms with E-state index < -0.39 is 20.2 Å². The SMILES string of the molecule is C=C.C=C.C=C.C=C.C=C.CS(=O)(=O)O.CS(=O)(=O)O. The van der Waals surface area contributed by atoms with Crippen LogP contribution in [0.5, 0.6) is 0 Å². The fourth-order valence-corrected chi connectivity index (χ4v) is 0. The minimum atomic E-state index is -3.67. The molecular weight excluding hydrogens is 304 g/mol. The van der Waals surface area contributed by atoms with Crippen LogP contribution in [-0.2, 0) is 20.2 Å². The zero-order chi connectivity index (χ0) is 19.0. The van der Waals surface area contributed by atoms with E-state index in [0.29, 0.717) is 12.5 Å². The summed E-state index contributed by atoms with van der Waals surface area (Å²) in [6, 6.07) is 0. The Morgan fingerprint density at radius 1 is 0.500 bits per heavy atom. The quantitative estimate of drug-likeness (QED) is 0.521. The van der Waals surface area contributed by atoms with E-state index in [4.69, 9.17) is 9.11 Å². The third-order valence-corrected chi connectivity index (χ3v) is 0. The van der Waals surface area contributed by atoms with E-state index in [1.807, 2.05) is 0 Å². The molecule has 124 valence electrons. The van der Waals surface area contributed by atoms with Crippen LogP contribution in [0.3, 0.4) is 0 Å². The molecule has 0 amide bonds. The van der Waals surface area contributed by atoms with Gasteiger partial charge in [-0.25, -0.2) is 0 Å². The summed E-state index contributed by atoms with van der Waals surface area (Å²) in [5.41, 5.74) is 0. The molecule has 0 atom stereocenters. The third-order valence-electron chi connectivity index (χ3n) is 0. The van der Waals surface area contributed by atoms with Gasteiger partial charge in [0, 0.05) is 0 Å². The minimum absolute atomic E-state index is 0.715. The Morgan fingerprint density at radius 3 is 0.500 bits per heavy atom. The summed E-state index contributed by atoms with van der Waals surface area (Å²) in [4.78, 5) is 0. The second-order valence-electron chi connectivity index (χ2n) is 1.47. The lowest BCUT2D eigenvalue weighted by Crippen LogP contribution is -1.88. The van der Waals surface area contributed by atoms with Crippen LogP contribution in [-0.4, -0.2) is 38.5 Å². The standard InChI is InChI=1S/5C2H4.2CH4O3S/c5*1-2;2*1-5(2,3)4/h5*1-2H2;2*1H3,(H,2,3,4). The molecule has 0 bridgehead atoms. The molecule has 0 unspecified atom stereocenters. The van der Waals surface area contributed by atoms with Crippen molar-refractivity contribution < 1.29 is 25.9 Å². The molecule has 8 heteroatoms. The summed E-state index contributed by atoms with van der Waals surface area (Å²) in [5.74, 6) is 0. The molecule has 0 aromatic heterocycles. The van der Waals surface area contributed by atoms with E-state index in [1.165, 1.54) is 0 Å². The van der Waals surface area contributed by atoms with Crippen LogP contribution in [0, 0.1) is 0 Å². The monoisotopic (exact) mass is 332 g/mol. The summed E-state index contributed by atoms with van der Waals surface area (Å²) in [7, 11) is -7.33. The molecule has 0 spiro atoms. The number of rotatable bonds is 0. The first-order valence-electron chi connectivity index (χ1n) is 4.35. The normalized spacial score (nSPS) is 6.80. The van der Waals surface area contributed by atoms with Crippen molar-refractivity contribution in [1.29, 1.82) is 0 Å². The third kappa shape index (κ3) is 1820. The lowest BCUT2D eigenvalue weighted by atomic mass is 11.3. The van der Waals surface area contributed by atoms with Gasteiger partial charge in [0.15, 0.2) is 0 Å². The predicted molar refractivity (Wildman–Crippen MR) is 91.2 cm³/mol. The van der Waals surface area contributed by atoms with Crippen molar-refractivity contribution >= 4 is 20.2 Å². The van der Waals surface area contributed by atoms with Crippen molar-refractivity contribution in [2.24, 2.45) is 0 Å². The van der Waals surface area contributed by atoms with Gasteiger partial charge in [0.2, 0.25) is 0 Å². The van der Waals surface area contributed by atoms with E-state index in [-0.39, 0.29) is 0 Å². The summed E-state index contributed by atoms with van der Waals surface area (Å²) in [5, 5.41) is 0. The Kier molecular flexibility index (Phi) is 92.5. The predicted octanol–water partition coefficient (Wildman–Crippen LogP) is 3.02. The maximum atomic E-state index is 9.19. The zero-order valence-electron chi connectivity index (χ0n) is 12.4. The maximum absolute atomic E-state index is 9.19. The fourth-order valence-electron chi connectivity index (χ4n) is 0. The maximum Gasteiger partial charge on any atom is 0.261 e. The average molecular weight is 332 g/mol. The summed E-state index contributed by atoms with van der Waals surface area (Å²) >= 11 is 0. The zero-order valence-corrected chi connectivity index (χ0v) is 14.0. The van der Waals surface area contributed by atoms with Crippen molar-refractivity contribution in [1.82, 2.24) is 0 Å². The molecule has 20 heavy (non-hydrogen) atoms. The van der Waals surface area contributed by atoms with Gasteiger partial charge in [-0.2, -0.15) is 16.8 Å². The van der Waals surface area contributed by atoms with Gasteiger partial charge >= 0.3 is 0 Å². The Bertz CT molecular complexity index is 275. The first-order valence-corrected chi connectivity index (χ1v) is 8.04. The lowest BCUT2D eigenvalue weighted by Gasteiger charge is -1.69.